The van der Waals surface area contributed by atoms with Gasteiger partial charge in [0.2, 0.25) is 5.78 Å². The average Bonchev–Trinajstić information content (AvgIpc) is 3.05. The Hall–Kier alpha value is -1.73. The Labute approximate surface area is 218 Å². The molecule has 0 aromatic carbocycles. The van der Waals surface area contributed by atoms with Crippen molar-refractivity contribution < 1.29 is 33.8 Å². The first-order chi connectivity index (χ1) is 16.8. The Morgan fingerprint density at radius 2 is 1.78 bits per heavy atom. The predicted octanol–water partition coefficient (Wildman–Crippen LogP) is 4.31. The molecule has 8 heteroatoms. The number of aliphatic hydroxyl groups is 1. The summed E-state index contributed by atoms with van der Waals surface area (Å²) in [5.74, 6) is -1.92. The zero-order chi connectivity index (χ0) is 26.7. The van der Waals surface area contributed by atoms with Crippen LogP contribution in [0.15, 0.2) is 11.6 Å². The summed E-state index contributed by atoms with van der Waals surface area (Å²) in [5.41, 5.74) is -1.96. The molecule has 0 unspecified atom stereocenters. The van der Waals surface area contributed by atoms with Crippen molar-refractivity contribution in [2.24, 2.45) is 28.6 Å². The number of fused-ring (bicyclic) bond motifs is 5. The highest BCUT2D eigenvalue weighted by Crippen LogP contribution is 2.72. The molecule has 4 aliphatic carbocycles. The minimum Gasteiger partial charge on any atom is -0.457 e. The highest BCUT2D eigenvalue weighted by Gasteiger charge is 2.76. The van der Waals surface area contributed by atoms with E-state index in [9.17, 15) is 24.3 Å². The second-order valence-corrected chi connectivity index (χ2v) is 12.4. The SMILES string of the molecule is CCC(=O)OCC(=O)[C@@]1(OC(=O)CC)[C@@H](C)C[C@H]2[C@@H]3CCC4=CC(=O)CC[C@]4(C)[C@@]3(Cl)[C@@H](O)C[C@@]21C. The Kier molecular flexibility index (Phi) is 7.00. The van der Waals surface area contributed by atoms with Crippen LogP contribution in [0.3, 0.4) is 0 Å². The van der Waals surface area contributed by atoms with Gasteiger partial charge in [-0.3, -0.25) is 19.2 Å². The molecule has 8 atom stereocenters. The van der Waals surface area contributed by atoms with Crippen LogP contribution in [0.4, 0.5) is 0 Å². The van der Waals surface area contributed by atoms with Crippen molar-refractivity contribution in [2.75, 3.05) is 6.61 Å². The number of Topliss-reactive ketones (excluding diaryl/α,β-unsaturated/α-hetero) is 1. The van der Waals surface area contributed by atoms with E-state index in [1.807, 2.05) is 13.8 Å². The van der Waals surface area contributed by atoms with Crippen LogP contribution in [0.25, 0.3) is 0 Å². The van der Waals surface area contributed by atoms with E-state index >= 15 is 0 Å². The molecule has 0 radical (unpaired) electrons. The van der Waals surface area contributed by atoms with Crippen molar-refractivity contribution in [1.29, 1.82) is 0 Å². The summed E-state index contributed by atoms with van der Waals surface area (Å²) in [5, 5.41) is 11.8. The molecule has 1 N–H and O–H groups in total. The third kappa shape index (κ3) is 3.55. The monoisotopic (exact) mass is 522 g/mol. The van der Waals surface area contributed by atoms with Gasteiger partial charge in [0, 0.05) is 36.0 Å². The number of aliphatic hydroxyl groups excluding tert-OH is 1. The van der Waals surface area contributed by atoms with Crippen molar-refractivity contribution in [2.45, 2.75) is 103 Å². The van der Waals surface area contributed by atoms with E-state index in [-0.39, 0.29) is 42.8 Å². The maximum atomic E-state index is 13.9. The molecule has 0 heterocycles. The normalized spacial score (nSPS) is 43.5. The van der Waals surface area contributed by atoms with E-state index in [1.165, 1.54) is 0 Å². The van der Waals surface area contributed by atoms with Gasteiger partial charge in [0.05, 0.1) is 11.0 Å². The minimum atomic E-state index is -1.53. The zero-order valence-corrected chi connectivity index (χ0v) is 22.8. The Balaban J connectivity index is 1.79. The minimum absolute atomic E-state index is 0.0973. The van der Waals surface area contributed by atoms with Gasteiger partial charge in [0.25, 0.3) is 0 Å². The van der Waals surface area contributed by atoms with Crippen LogP contribution >= 0.6 is 11.6 Å². The number of rotatable bonds is 6. The molecule has 4 aliphatic rings. The molecule has 7 nitrogen and oxygen atoms in total. The van der Waals surface area contributed by atoms with Crippen LogP contribution in [-0.4, -0.2) is 51.8 Å². The number of ether oxygens (including phenoxy) is 2. The van der Waals surface area contributed by atoms with Crippen molar-refractivity contribution in [3.63, 3.8) is 0 Å². The van der Waals surface area contributed by atoms with Gasteiger partial charge in [-0.1, -0.05) is 40.2 Å². The summed E-state index contributed by atoms with van der Waals surface area (Å²) in [6, 6.07) is 0. The first kappa shape index (κ1) is 27.3. The second-order valence-electron chi connectivity index (χ2n) is 11.8. The van der Waals surface area contributed by atoms with E-state index in [2.05, 4.69) is 6.92 Å². The zero-order valence-electron chi connectivity index (χ0n) is 22.0. The van der Waals surface area contributed by atoms with Crippen molar-refractivity contribution >= 4 is 35.1 Å². The van der Waals surface area contributed by atoms with E-state index < -0.39 is 51.7 Å². The number of halogens is 1. The Morgan fingerprint density at radius 3 is 2.42 bits per heavy atom. The number of esters is 2. The van der Waals surface area contributed by atoms with E-state index in [1.54, 1.807) is 19.9 Å². The van der Waals surface area contributed by atoms with Gasteiger partial charge in [-0.15, -0.1) is 11.6 Å². The van der Waals surface area contributed by atoms with Crippen LogP contribution in [0.5, 0.6) is 0 Å². The fourth-order valence-corrected chi connectivity index (χ4v) is 8.92. The standard InChI is InChI=1S/C28H39ClO7/c1-6-23(33)35-15-22(32)28(36-24(34)7-2)16(3)12-20-19-9-8-17-13-18(30)10-11-25(17,4)27(19,29)21(31)14-26(20,28)5/h13,16,19-21,31H,6-12,14-15H2,1-5H3/t16-,19-,20-,21-,25-,26-,27-,28-/m0/s1. The predicted molar refractivity (Wildman–Crippen MR) is 133 cm³/mol. The van der Waals surface area contributed by atoms with Gasteiger partial charge >= 0.3 is 11.9 Å². The van der Waals surface area contributed by atoms with Crippen LogP contribution in [0.1, 0.15) is 86.0 Å². The van der Waals surface area contributed by atoms with Gasteiger partial charge in [-0.25, -0.2) is 0 Å². The van der Waals surface area contributed by atoms with Gasteiger partial charge in [-0.05, 0) is 50.0 Å². The average molecular weight is 523 g/mol. The summed E-state index contributed by atoms with van der Waals surface area (Å²) in [6.45, 7) is 8.75. The van der Waals surface area contributed by atoms with Gasteiger partial charge in [0.1, 0.15) is 0 Å². The van der Waals surface area contributed by atoms with Gasteiger partial charge < -0.3 is 14.6 Å². The molecule has 0 aromatic rings. The summed E-state index contributed by atoms with van der Waals surface area (Å²) >= 11 is 7.53. The lowest BCUT2D eigenvalue weighted by Crippen LogP contribution is -2.70. The highest BCUT2D eigenvalue weighted by molar-refractivity contribution is 6.26. The van der Waals surface area contributed by atoms with Gasteiger partial charge in [-0.2, -0.15) is 0 Å². The lowest BCUT2D eigenvalue weighted by molar-refractivity contribution is -0.204. The topological polar surface area (TPSA) is 107 Å². The number of carbonyl (C=O) groups is 4. The van der Waals surface area contributed by atoms with Crippen LogP contribution in [0.2, 0.25) is 0 Å². The number of ketones is 2. The lowest BCUT2D eigenvalue weighted by Gasteiger charge is -2.65. The fraction of sp³-hybridized carbons (Fsp3) is 0.786. The van der Waals surface area contributed by atoms with Crippen LogP contribution < -0.4 is 0 Å². The quantitative estimate of drug-likeness (QED) is 0.409. The molecule has 0 aromatic heterocycles. The molecule has 36 heavy (non-hydrogen) atoms. The van der Waals surface area contributed by atoms with Crippen molar-refractivity contribution in [3.05, 3.63) is 11.6 Å². The smallest absolute Gasteiger partial charge is 0.306 e. The second kappa shape index (κ2) is 9.23. The molecule has 3 saturated carbocycles. The Bertz CT molecular complexity index is 1010. The molecule has 0 saturated heterocycles. The maximum absolute atomic E-state index is 13.9. The van der Waals surface area contributed by atoms with Crippen molar-refractivity contribution in [3.8, 4) is 0 Å². The molecule has 0 amide bonds. The fourth-order valence-electron chi connectivity index (χ4n) is 8.37. The molecule has 0 spiro atoms. The summed E-state index contributed by atoms with van der Waals surface area (Å²) in [6.07, 6.45) is 4.10. The molecular weight excluding hydrogens is 484 g/mol. The van der Waals surface area contributed by atoms with E-state index in [0.717, 1.165) is 5.57 Å². The number of hydrogen-bond acceptors (Lipinski definition) is 7. The Morgan fingerprint density at radius 1 is 1.11 bits per heavy atom. The lowest BCUT2D eigenvalue weighted by atomic mass is 9.44. The summed E-state index contributed by atoms with van der Waals surface area (Å²) in [7, 11) is 0. The van der Waals surface area contributed by atoms with E-state index in [0.29, 0.717) is 32.1 Å². The van der Waals surface area contributed by atoms with Crippen LogP contribution in [-0.2, 0) is 28.7 Å². The number of carbonyl (C=O) groups excluding carboxylic acids is 4. The number of hydrogen-bond donors (Lipinski definition) is 1. The summed E-state index contributed by atoms with van der Waals surface area (Å²) in [4.78, 5) is 49.7. The van der Waals surface area contributed by atoms with E-state index in [4.69, 9.17) is 21.1 Å². The highest BCUT2D eigenvalue weighted by atomic mass is 35.5. The largest absolute Gasteiger partial charge is 0.457 e. The molecule has 3 fully saturated rings. The number of allylic oxidation sites excluding steroid dienone is 1. The molecular formula is C28H39ClO7. The van der Waals surface area contributed by atoms with Gasteiger partial charge in [0.15, 0.2) is 18.0 Å². The molecule has 0 bridgehead atoms. The van der Waals surface area contributed by atoms with Crippen molar-refractivity contribution in [1.82, 2.24) is 0 Å². The molecule has 0 aliphatic heterocycles. The molecule has 4 rings (SSSR count). The number of alkyl halides is 1. The third-order valence-corrected chi connectivity index (χ3v) is 11.2. The van der Waals surface area contributed by atoms with Crippen LogP contribution in [0, 0.1) is 28.6 Å². The molecule has 200 valence electrons. The first-order valence-corrected chi connectivity index (χ1v) is 13.7. The third-order valence-electron chi connectivity index (χ3n) is 10.2. The summed E-state index contributed by atoms with van der Waals surface area (Å²) < 4.78 is 11.3. The first-order valence-electron chi connectivity index (χ1n) is 13.3. The maximum Gasteiger partial charge on any atom is 0.306 e.